The number of fused-ring (bicyclic) bond motifs is 1. The summed E-state index contributed by atoms with van der Waals surface area (Å²) in [6.45, 7) is 1.97. The number of rotatable bonds is 3. The van der Waals surface area contributed by atoms with Crippen LogP contribution in [0.25, 0.3) is 11.1 Å². The van der Waals surface area contributed by atoms with Crippen LogP contribution >= 0.6 is 11.5 Å². The van der Waals surface area contributed by atoms with Gasteiger partial charge in [-0.3, -0.25) is 0 Å². The van der Waals surface area contributed by atoms with Crippen molar-refractivity contribution in [1.29, 1.82) is 0 Å². The molecule has 2 fully saturated rings. The molecule has 0 unspecified atom stereocenters. The van der Waals surface area contributed by atoms with Crippen molar-refractivity contribution in [2.24, 2.45) is 0 Å². The highest BCUT2D eigenvalue weighted by Crippen LogP contribution is 2.40. The number of anilines is 1. The van der Waals surface area contributed by atoms with Crippen LogP contribution in [0.3, 0.4) is 0 Å². The topological polar surface area (TPSA) is 55.1 Å². The molecule has 6 heteroatoms. The molecule has 1 saturated carbocycles. The second kappa shape index (κ2) is 5.30. The highest BCUT2D eigenvalue weighted by Gasteiger charge is 2.31. The molecule has 2 aliphatic rings. The molecule has 1 aliphatic heterocycles. The average Bonchev–Trinajstić information content (AvgIpc) is 3.17. The summed E-state index contributed by atoms with van der Waals surface area (Å²) in [5.41, 5.74) is 1.83. The maximum Gasteiger partial charge on any atom is 0.205 e. The number of hydrogen-bond acceptors (Lipinski definition) is 6. The number of oxazole rings is 1. The molecule has 118 valence electrons. The molecule has 1 aliphatic carbocycles. The van der Waals surface area contributed by atoms with Gasteiger partial charge in [0.15, 0.2) is 11.5 Å². The molecule has 0 N–H and O–H groups in total. The third-order valence-corrected chi connectivity index (χ3v) is 5.52. The smallest absolute Gasteiger partial charge is 0.205 e. The summed E-state index contributed by atoms with van der Waals surface area (Å²) in [4.78, 5) is 11.8. The van der Waals surface area contributed by atoms with Crippen LogP contribution in [0.5, 0.6) is 0 Å². The molecule has 5 nitrogen and oxygen atoms in total. The minimum absolute atomic E-state index is 0.337. The lowest BCUT2D eigenvalue weighted by molar-refractivity contribution is 0.413. The maximum absolute atomic E-state index is 5.97. The molecule has 1 atom stereocenters. The molecule has 1 saturated heterocycles. The Morgan fingerprint density at radius 3 is 2.87 bits per heavy atom. The minimum atomic E-state index is 0.337. The number of benzene rings is 1. The van der Waals surface area contributed by atoms with Gasteiger partial charge in [-0.1, -0.05) is 12.1 Å². The van der Waals surface area contributed by atoms with Crippen LogP contribution in [0, 0.1) is 0 Å². The fraction of sp³-hybridized carbons (Fsp3) is 0.471. The van der Waals surface area contributed by atoms with E-state index in [0.29, 0.717) is 11.8 Å². The Morgan fingerprint density at radius 1 is 1.09 bits per heavy atom. The van der Waals surface area contributed by atoms with Crippen LogP contribution in [0.2, 0.25) is 0 Å². The first kappa shape index (κ1) is 13.5. The predicted octanol–water partition coefficient (Wildman–Crippen LogP) is 3.94. The lowest BCUT2D eigenvalue weighted by Gasteiger charge is -2.30. The van der Waals surface area contributed by atoms with Crippen LogP contribution in [0.4, 0.5) is 5.13 Å². The Hall–Kier alpha value is -1.95. The number of piperidine rings is 1. The van der Waals surface area contributed by atoms with Crippen molar-refractivity contribution in [2.75, 3.05) is 18.0 Å². The summed E-state index contributed by atoms with van der Waals surface area (Å²) < 4.78 is 10.5. The van der Waals surface area contributed by atoms with Gasteiger partial charge in [-0.05, 0) is 37.8 Å². The van der Waals surface area contributed by atoms with E-state index in [4.69, 9.17) is 9.40 Å². The van der Waals surface area contributed by atoms with Gasteiger partial charge in [0.2, 0.25) is 5.13 Å². The van der Waals surface area contributed by atoms with Gasteiger partial charge in [0.25, 0.3) is 0 Å². The zero-order chi connectivity index (χ0) is 15.2. The molecule has 5 rings (SSSR count). The lowest BCUT2D eigenvalue weighted by Crippen LogP contribution is -2.34. The normalized spacial score (nSPS) is 21.9. The van der Waals surface area contributed by atoms with E-state index < -0.39 is 0 Å². The summed E-state index contributed by atoms with van der Waals surface area (Å²) in [7, 11) is 0. The van der Waals surface area contributed by atoms with Gasteiger partial charge in [-0.15, -0.1) is 0 Å². The van der Waals surface area contributed by atoms with E-state index in [0.717, 1.165) is 53.9 Å². The van der Waals surface area contributed by atoms with Gasteiger partial charge >= 0.3 is 0 Å². The van der Waals surface area contributed by atoms with E-state index in [1.807, 2.05) is 24.3 Å². The number of para-hydroxylation sites is 2. The van der Waals surface area contributed by atoms with Gasteiger partial charge in [-0.25, -0.2) is 9.97 Å². The molecule has 0 bridgehead atoms. The first-order valence-electron chi connectivity index (χ1n) is 8.31. The average molecular weight is 326 g/mol. The zero-order valence-corrected chi connectivity index (χ0v) is 13.6. The van der Waals surface area contributed by atoms with Crippen LogP contribution in [0.15, 0.2) is 28.7 Å². The Bertz CT molecular complexity index is 805. The molecule has 0 spiro atoms. The van der Waals surface area contributed by atoms with E-state index in [9.17, 15) is 0 Å². The van der Waals surface area contributed by atoms with Crippen molar-refractivity contribution in [3.63, 3.8) is 0 Å². The van der Waals surface area contributed by atoms with Gasteiger partial charge in [-0.2, -0.15) is 4.37 Å². The largest absolute Gasteiger partial charge is 0.440 e. The molecular weight excluding hydrogens is 308 g/mol. The molecular formula is C17H18N4OS. The Labute approximate surface area is 138 Å². The Morgan fingerprint density at radius 2 is 2.00 bits per heavy atom. The molecule has 2 aromatic heterocycles. The van der Waals surface area contributed by atoms with Crippen molar-refractivity contribution in [3.05, 3.63) is 36.0 Å². The molecule has 0 radical (unpaired) electrons. The van der Waals surface area contributed by atoms with Crippen LogP contribution in [0.1, 0.15) is 49.2 Å². The van der Waals surface area contributed by atoms with Crippen molar-refractivity contribution < 1.29 is 4.42 Å². The molecule has 3 heterocycles. The van der Waals surface area contributed by atoms with E-state index in [1.165, 1.54) is 12.8 Å². The second-order valence-electron chi connectivity index (χ2n) is 6.51. The summed E-state index contributed by atoms with van der Waals surface area (Å²) in [5.74, 6) is 2.87. The Kier molecular flexibility index (Phi) is 3.11. The SMILES string of the molecule is c1ccc2oc([C@H]3CCCN(c4nc(C5CC5)ns4)C3)nc2c1. The Balaban J connectivity index is 1.38. The fourth-order valence-corrected chi connectivity index (χ4v) is 4.06. The first-order valence-corrected chi connectivity index (χ1v) is 9.08. The van der Waals surface area contributed by atoms with Crippen molar-refractivity contribution >= 4 is 27.8 Å². The van der Waals surface area contributed by atoms with E-state index in [2.05, 4.69) is 14.3 Å². The highest BCUT2D eigenvalue weighted by atomic mass is 32.1. The van der Waals surface area contributed by atoms with Crippen molar-refractivity contribution in [3.8, 4) is 0 Å². The first-order chi connectivity index (χ1) is 11.4. The second-order valence-corrected chi connectivity index (χ2v) is 7.24. The molecule has 0 amide bonds. The zero-order valence-electron chi connectivity index (χ0n) is 12.8. The third-order valence-electron chi connectivity index (χ3n) is 4.73. The van der Waals surface area contributed by atoms with E-state index >= 15 is 0 Å². The molecule has 23 heavy (non-hydrogen) atoms. The van der Waals surface area contributed by atoms with Gasteiger partial charge in [0.05, 0.1) is 5.92 Å². The van der Waals surface area contributed by atoms with E-state index in [-0.39, 0.29) is 0 Å². The van der Waals surface area contributed by atoms with Crippen molar-refractivity contribution in [1.82, 2.24) is 14.3 Å². The summed E-state index contributed by atoms with van der Waals surface area (Å²) in [6, 6.07) is 7.99. The molecule has 3 aromatic rings. The van der Waals surface area contributed by atoms with Crippen LogP contribution < -0.4 is 4.90 Å². The third kappa shape index (κ3) is 2.51. The predicted molar refractivity (Wildman–Crippen MR) is 90.1 cm³/mol. The quantitative estimate of drug-likeness (QED) is 0.729. The summed E-state index contributed by atoms with van der Waals surface area (Å²) in [5, 5.41) is 1.06. The number of hydrogen-bond donors (Lipinski definition) is 0. The number of aromatic nitrogens is 3. The maximum atomic E-state index is 5.97. The fourth-order valence-electron chi connectivity index (χ4n) is 3.28. The highest BCUT2D eigenvalue weighted by molar-refractivity contribution is 7.09. The van der Waals surface area contributed by atoms with Crippen LogP contribution in [-0.4, -0.2) is 27.4 Å². The summed E-state index contributed by atoms with van der Waals surface area (Å²) >= 11 is 1.54. The van der Waals surface area contributed by atoms with Gasteiger partial charge in [0, 0.05) is 30.5 Å². The van der Waals surface area contributed by atoms with Crippen LogP contribution in [-0.2, 0) is 0 Å². The van der Waals surface area contributed by atoms with Gasteiger partial charge < -0.3 is 9.32 Å². The monoisotopic (exact) mass is 326 g/mol. The summed E-state index contributed by atoms with van der Waals surface area (Å²) in [6.07, 6.45) is 4.77. The van der Waals surface area contributed by atoms with Crippen molar-refractivity contribution in [2.45, 2.75) is 37.5 Å². The lowest BCUT2D eigenvalue weighted by atomic mass is 9.98. The molecule has 1 aromatic carbocycles. The van der Waals surface area contributed by atoms with Gasteiger partial charge in [0.1, 0.15) is 11.3 Å². The standard InChI is InChI=1S/C17H18N4OS/c1-2-6-14-13(5-1)18-16(22-14)12-4-3-9-21(10-12)17-19-15(20-23-17)11-7-8-11/h1-2,5-6,11-12H,3-4,7-10H2/t12-/m0/s1. The van der Waals surface area contributed by atoms with E-state index in [1.54, 1.807) is 11.5 Å². The number of nitrogens with zero attached hydrogens (tertiary/aromatic N) is 4. The minimum Gasteiger partial charge on any atom is -0.440 e.